The number of sulfonamides is 1. The zero-order valence-electron chi connectivity index (χ0n) is 10.2. The second-order valence-corrected chi connectivity index (χ2v) is 8.82. The van der Waals surface area contributed by atoms with Crippen molar-refractivity contribution in [1.29, 1.82) is 0 Å². The molecule has 1 aromatic rings. The molecule has 5 nitrogen and oxygen atoms in total. The van der Waals surface area contributed by atoms with E-state index in [0.29, 0.717) is 5.92 Å². The lowest BCUT2D eigenvalue weighted by Crippen LogP contribution is -2.27. The van der Waals surface area contributed by atoms with Crippen molar-refractivity contribution in [2.24, 2.45) is 5.92 Å². The number of hydrogen-bond donors (Lipinski definition) is 1. The largest absolute Gasteiger partial charge is 0.261 e. The van der Waals surface area contributed by atoms with Gasteiger partial charge in [0.05, 0.1) is 9.79 Å². The smallest absolute Gasteiger partial charge is 0.208 e. The number of halogens is 1. The Morgan fingerprint density at radius 1 is 1.26 bits per heavy atom. The molecule has 1 saturated carbocycles. The molecule has 0 spiro atoms. The zero-order chi connectivity index (χ0) is 14.3. The van der Waals surface area contributed by atoms with Crippen molar-refractivity contribution < 1.29 is 16.8 Å². The van der Waals surface area contributed by atoms with Gasteiger partial charge in [0.2, 0.25) is 10.0 Å². The maximum Gasteiger partial charge on any atom is 0.261 e. The number of benzene rings is 1. The van der Waals surface area contributed by atoms with Crippen LogP contribution in [0.5, 0.6) is 0 Å². The standard InChI is InChI=1S/C11H14ClNO4S2/c1-2-8-6-11(8)13-19(16,17)10-5-3-4-9(7-10)18(12,14)15/h3-5,7-8,11,13H,2,6H2,1H3. The van der Waals surface area contributed by atoms with E-state index in [1.54, 1.807) is 0 Å². The van der Waals surface area contributed by atoms with Crippen molar-refractivity contribution in [2.75, 3.05) is 0 Å². The molecule has 1 aliphatic rings. The lowest BCUT2D eigenvalue weighted by atomic mass is 10.3. The van der Waals surface area contributed by atoms with Crippen molar-refractivity contribution in [2.45, 2.75) is 35.6 Å². The van der Waals surface area contributed by atoms with E-state index in [1.165, 1.54) is 18.2 Å². The van der Waals surface area contributed by atoms with Crippen LogP contribution in [0.3, 0.4) is 0 Å². The Morgan fingerprint density at radius 3 is 2.42 bits per heavy atom. The molecule has 1 aliphatic carbocycles. The summed E-state index contributed by atoms with van der Waals surface area (Å²) in [6.45, 7) is 2.00. The molecule has 1 fully saturated rings. The van der Waals surface area contributed by atoms with Gasteiger partial charge in [0.1, 0.15) is 0 Å². The minimum absolute atomic E-state index is 0.0498. The molecule has 0 bridgehead atoms. The molecule has 19 heavy (non-hydrogen) atoms. The molecule has 1 N–H and O–H groups in total. The molecule has 0 radical (unpaired) electrons. The fraction of sp³-hybridized carbons (Fsp3) is 0.455. The van der Waals surface area contributed by atoms with E-state index in [9.17, 15) is 16.8 Å². The van der Waals surface area contributed by atoms with Crippen LogP contribution in [0.15, 0.2) is 34.1 Å². The fourth-order valence-electron chi connectivity index (χ4n) is 1.90. The second kappa shape index (κ2) is 5.05. The summed E-state index contributed by atoms with van der Waals surface area (Å²) in [7, 11) is -2.43. The van der Waals surface area contributed by atoms with Crippen LogP contribution in [0.1, 0.15) is 19.8 Å². The average Bonchev–Trinajstić information content (AvgIpc) is 3.06. The minimum atomic E-state index is -3.93. The van der Waals surface area contributed by atoms with Gasteiger partial charge in [0, 0.05) is 16.7 Å². The summed E-state index contributed by atoms with van der Waals surface area (Å²) in [5, 5.41) is 0. The zero-order valence-corrected chi connectivity index (χ0v) is 12.6. The summed E-state index contributed by atoms with van der Waals surface area (Å²) in [4.78, 5) is -0.309. The van der Waals surface area contributed by atoms with Crippen LogP contribution in [0.4, 0.5) is 0 Å². The Hall–Kier alpha value is -0.630. The van der Waals surface area contributed by atoms with Crippen molar-refractivity contribution in [3.05, 3.63) is 24.3 Å². The predicted octanol–water partition coefficient (Wildman–Crippen LogP) is 1.69. The van der Waals surface area contributed by atoms with E-state index in [4.69, 9.17) is 10.7 Å². The van der Waals surface area contributed by atoms with Gasteiger partial charge in [-0.05, 0) is 30.5 Å². The van der Waals surface area contributed by atoms with Crippen molar-refractivity contribution >= 4 is 29.8 Å². The van der Waals surface area contributed by atoms with E-state index in [2.05, 4.69) is 4.72 Å². The summed E-state index contributed by atoms with van der Waals surface area (Å²) in [6, 6.07) is 4.97. The van der Waals surface area contributed by atoms with E-state index in [0.717, 1.165) is 18.9 Å². The number of rotatable bonds is 5. The van der Waals surface area contributed by atoms with Gasteiger partial charge in [0.15, 0.2) is 0 Å². The van der Waals surface area contributed by atoms with E-state index in [1.807, 2.05) is 6.92 Å². The highest BCUT2D eigenvalue weighted by atomic mass is 35.7. The minimum Gasteiger partial charge on any atom is -0.208 e. The van der Waals surface area contributed by atoms with Gasteiger partial charge >= 0.3 is 0 Å². The maximum absolute atomic E-state index is 12.1. The average molecular weight is 324 g/mol. The molecule has 106 valence electrons. The van der Waals surface area contributed by atoms with Crippen LogP contribution in [0.25, 0.3) is 0 Å². The summed E-state index contributed by atoms with van der Waals surface area (Å²) >= 11 is 0. The number of hydrogen-bond acceptors (Lipinski definition) is 4. The van der Waals surface area contributed by atoms with Gasteiger partial charge in [-0.15, -0.1) is 0 Å². The van der Waals surface area contributed by atoms with E-state index >= 15 is 0 Å². The molecule has 0 amide bonds. The van der Waals surface area contributed by atoms with Gasteiger partial charge in [-0.3, -0.25) is 0 Å². The molecule has 2 unspecified atom stereocenters. The van der Waals surface area contributed by atoms with Gasteiger partial charge in [-0.1, -0.05) is 19.4 Å². The predicted molar refractivity (Wildman–Crippen MR) is 72.0 cm³/mol. The summed E-state index contributed by atoms with van der Waals surface area (Å²) < 4.78 is 49.1. The molecular formula is C11H14ClNO4S2. The summed E-state index contributed by atoms with van der Waals surface area (Å²) in [6.07, 6.45) is 1.74. The molecule has 0 aromatic heterocycles. The fourth-order valence-corrected chi connectivity index (χ4v) is 4.14. The van der Waals surface area contributed by atoms with Crippen LogP contribution in [0, 0.1) is 5.92 Å². The van der Waals surface area contributed by atoms with Gasteiger partial charge < -0.3 is 0 Å². The quantitative estimate of drug-likeness (QED) is 0.836. The lowest BCUT2D eigenvalue weighted by Gasteiger charge is -2.07. The lowest BCUT2D eigenvalue weighted by molar-refractivity contribution is 0.575. The first-order valence-corrected chi connectivity index (χ1v) is 9.60. The highest BCUT2D eigenvalue weighted by Gasteiger charge is 2.38. The highest BCUT2D eigenvalue weighted by molar-refractivity contribution is 8.13. The third-order valence-electron chi connectivity index (χ3n) is 3.15. The molecular weight excluding hydrogens is 310 g/mol. The monoisotopic (exact) mass is 323 g/mol. The third-order valence-corrected chi connectivity index (χ3v) is 5.99. The van der Waals surface area contributed by atoms with Crippen molar-refractivity contribution in [3.8, 4) is 0 Å². The Bertz CT molecular complexity index is 684. The molecule has 0 aliphatic heterocycles. The Morgan fingerprint density at radius 2 is 1.89 bits per heavy atom. The maximum atomic E-state index is 12.1. The SMILES string of the molecule is CCC1CC1NS(=O)(=O)c1cccc(S(=O)(=O)Cl)c1. The van der Waals surface area contributed by atoms with Crippen molar-refractivity contribution in [1.82, 2.24) is 4.72 Å². The Labute approximate surface area is 117 Å². The van der Waals surface area contributed by atoms with Gasteiger partial charge in [0.25, 0.3) is 9.05 Å². The first kappa shape index (κ1) is 14.8. The normalized spacial score (nSPS) is 23.3. The molecule has 2 rings (SSSR count). The molecule has 2 atom stereocenters. The molecule has 1 aromatic carbocycles. The van der Waals surface area contributed by atoms with Crippen LogP contribution in [-0.2, 0) is 19.1 Å². The van der Waals surface area contributed by atoms with Crippen LogP contribution >= 0.6 is 10.7 Å². The van der Waals surface area contributed by atoms with Crippen LogP contribution in [0.2, 0.25) is 0 Å². The second-order valence-electron chi connectivity index (χ2n) is 4.54. The topological polar surface area (TPSA) is 80.3 Å². The van der Waals surface area contributed by atoms with Gasteiger partial charge in [-0.2, -0.15) is 0 Å². The first-order valence-electron chi connectivity index (χ1n) is 5.81. The van der Waals surface area contributed by atoms with Crippen molar-refractivity contribution in [3.63, 3.8) is 0 Å². The van der Waals surface area contributed by atoms with E-state index < -0.39 is 19.1 Å². The third kappa shape index (κ3) is 3.47. The first-order chi connectivity index (χ1) is 8.74. The Balaban J connectivity index is 2.26. The number of nitrogens with one attached hydrogen (secondary N) is 1. The highest BCUT2D eigenvalue weighted by Crippen LogP contribution is 2.34. The molecule has 0 saturated heterocycles. The van der Waals surface area contributed by atoms with Crippen LogP contribution < -0.4 is 4.72 Å². The van der Waals surface area contributed by atoms with Crippen LogP contribution in [-0.4, -0.2) is 22.9 Å². The summed E-state index contributed by atoms with van der Waals surface area (Å²) in [5.41, 5.74) is 0. The van der Waals surface area contributed by atoms with Gasteiger partial charge in [-0.25, -0.2) is 21.6 Å². The van der Waals surface area contributed by atoms with E-state index in [-0.39, 0.29) is 15.8 Å². The molecule has 0 heterocycles. The Kier molecular flexibility index (Phi) is 3.92. The summed E-state index contributed by atoms with van der Waals surface area (Å²) in [5.74, 6) is 0.370. The molecule has 8 heteroatoms.